The summed E-state index contributed by atoms with van der Waals surface area (Å²) in [5.41, 5.74) is 0.900. The van der Waals surface area contributed by atoms with E-state index in [1.807, 2.05) is 36.2 Å². The maximum Gasteiger partial charge on any atom is 0.217 e. The molecule has 2 rings (SSSR count). The fourth-order valence-electron chi connectivity index (χ4n) is 1.64. The van der Waals surface area contributed by atoms with Crippen LogP contribution < -0.4 is 4.57 Å². The number of nitrogens with zero attached hydrogens (tertiary/aromatic N) is 1. The Morgan fingerprint density at radius 1 is 1.33 bits per heavy atom. The van der Waals surface area contributed by atoms with Crippen LogP contribution in [-0.4, -0.2) is 16.5 Å². The lowest BCUT2D eigenvalue weighted by atomic mass is 10.2. The molecule has 0 fully saturated rings. The van der Waals surface area contributed by atoms with Crippen LogP contribution in [0, 0.1) is 0 Å². The van der Waals surface area contributed by atoms with Gasteiger partial charge in [-0.25, -0.2) is 4.57 Å². The van der Waals surface area contributed by atoms with Gasteiger partial charge >= 0.3 is 0 Å². The molecule has 1 aromatic heterocycles. The summed E-state index contributed by atoms with van der Waals surface area (Å²) in [5, 5.41) is 20.2. The van der Waals surface area contributed by atoms with E-state index >= 15 is 0 Å². The molecule has 0 spiro atoms. The summed E-state index contributed by atoms with van der Waals surface area (Å²) in [4.78, 5) is 0.709. The van der Waals surface area contributed by atoms with Crippen molar-refractivity contribution in [1.29, 1.82) is 0 Å². The van der Waals surface area contributed by atoms with Crippen molar-refractivity contribution >= 4 is 22.7 Å². The predicted molar refractivity (Wildman–Crippen MR) is 60.2 cm³/mol. The zero-order valence-corrected chi connectivity index (χ0v) is 9.38. The first-order valence-electron chi connectivity index (χ1n) is 4.52. The number of rotatable bonds is 1. The van der Waals surface area contributed by atoms with Gasteiger partial charge < -0.3 is 10.2 Å². The molecule has 78 valence electrons. The van der Waals surface area contributed by atoms with E-state index < -0.39 is 0 Å². The van der Waals surface area contributed by atoms with Crippen LogP contribution in [0.1, 0.15) is 0 Å². The Morgan fingerprint density at radius 2 is 2.07 bits per heavy atom. The minimum atomic E-state index is -0.0753. The Kier molecular flexibility index (Phi) is 2.44. The van der Waals surface area contributed by atoms with Crippen LogP contribution in [0.4, 0.5) is 0 Å². The van der Waals surface area contributed by atoms with E-state index in [9.17, 15) is 10.2 Å². The molecule has 0 saturated carbocycles. The molecule has 3 nitrogen and oxygen atoms in total. The zero-order chi connectivity index (χ0) is 11.0. The number of aromatic nitrogens is 1. The van der Waals surface area contributed by atoms with Gasteiger partial charge in [-0.1, -0.05) is 0 Å². The number of fused-ring (bicyclic) bond motifs is 1. The molecular weight excluding hydrogens is 210 g/mol. The fourth-order valence-corrected chi connectivity index (χ4v) is 2.33. The van der Waals surface area contributed by atoms with Gasteiger partial charge in [0.1, 0.15) is 7.05 Å². The molecule has 2 N–H and O–H groups in total. The summed E-state index contributed by atoms with van der Waals surface area (Å²) in [7, 11) is 1.91. The quantitative estimate of drug-likeness (QED) is 0.439. The average Bonchev–Trinajstić information content (AvgIpc) is 2.22. The molecule has 0 unspecified atom stereocenters. The fraction of sp³-hybridized carbons (Fsp3) is 0.182. The van der Waals surface area contributed by atoms with E-state index in [1.54, 1.807) is 6.07 Å². The van der Waals surface area contributed by atoms with Crippen LogP contribution in [0.2, 0.25) is 0 Å². The highest BCUT2D eigenvalue weighted by atomic mass is 32.2. The van der Waals surface area contributed by atoms with Gasteiger partial charge in [-0.2, -0.15) is 0 Å². The smallest absolute Gasteiger partial charge is 0.217 e. The van der Waals surface area contributed by atoms with Crippen molar-refractivity contribution in [1.82, 2.24) is 0 Å². The second-order valence-electron chi connectivity index (χ2n) is 3.33. The van der Waals surface area contributed by atoms with E-state index in [0.29, 0.717) is 4.90 Å². The number of pyridine rings is 1. The molecule has 0 radical (unpaired) electrons. The number of hydrogen-bond acceptors (Lipinski definition) is 3. The average molecular weight is 222 g/mol. The minimum absolute atomic E-state index is 0.0406. The third-order valence-electron chi connectivity index (χ3n) is 2.41. The number of thioether (sulfide) groups is 1. The van der Waals surface area contributed by atoms with Crippen molar-refractivity contribution in [3.05, 3.63) is 24.4 Å². The Labute approximate surface area is 92.0 Å². The summed E-state index contributed by atoms with van der Waals surface area (Å²) in [6, 6.07) is 5.42. The van der Waals surface area contributed by atoms with E-state index in [1.165, 1.54) is 11.8 Å². The topological polar surface area (TPSA) is 44.3 Å². The van der Waals surface area contributed by atoms with Crippen molar-refractivity contribution in [2.45, 2.75) is 4.90 Å². The number of aryl methyl sites for hydroxylation is 1. The van der Waals surface area contributed by atoms with Crippen LogP contribution in [0.5, 0.6) is 11.5 Å². The maximum absolute atomic E-state index is 9.71. The second-order valence-corrected chi connectivity index (χ2v) is 4.15. The molecule has 0 aliphatic rings. The lowest BCUT2D eigenvalue weighted by molar-refractivity contribution is -0.644. The zero-order valence-electron chi connectivity index (χ0n) is 8.56. The SMILES string of the molecule is CSc1c(O)c(O)cc2c1ccc[n+]2C. The van der Waals surface area contributed by atoms with Crippen molar-refractivity contribution in [3.8, 4) is 11.5 Å². The van der Waals surface area contributed by atoms with Gasteiger partial charge in [0.25, 0.3) is 0 Å². The predicted octanol–water partition coefficient (Wildman–Crippen LogP) is 1.80. The number of phenolic OH excluding ortho intramolecular Hbond substituents is 2. The van der Waals surface area contributed by atoms with Crippen molar-refractivity contribution in [2.75, 3.05) is 6.26 Å². The Hall–Kier alpha value is -1.42. The summed E-state index contributed by atoms with van der Waals surface area (Å²) in [6.07, 6.45) is 3.78. The first-order chi connectivity index (χ1) is 7.15. The van der Waals surface area contributed by atoms with E-state index in [4.69, 9.17) is 0 Å². The lowest BCUT2D eigenvalue weighted by Gasteiger charge is -2.06. The number of aromatic hydroxyl groups is 2. The third-order valence-corrected chi connectivity index (χ3v) is 3.23. The van der Waals surface area contributed by atoms with Crippen molar-refractivity contribution in [3.63, 3.8) is 0 Å². The standard InChI is InChI=1S/C11H11NO2S/c1-12-5-3-4-7-8(12)6-9(13)10(14)11(7)15-2/h3-6,14H,1-2H3/p+1. The van der Waals surface area contributed by atoms with Crippen LogP contribution in [-0.2, 0) is 7.05 Å². The molecule has 0 bridgehead atoms. The summed E-state index contributed by atoms with van der Waals surface area (Å²) in [5.74, 6) is -0.116. The molecule has 0 aliphatic heterocycles. The van der Waals surface area contributed by atoms with Gasteiger partial charge in [0, 0.05) is 6.07 Å². The molecule has 4 heteroatoms. The van der Waals surface area contributed by atoms with Gasteiger partial charge in [0.15, 0.2) is 17.7 Å². The van der Waals surface area contributed by atoms with Gasteiger partial charge in [-0.05, 0) is 12.3 Å². The van der Waals surface area contributed by atoms with Crippen LogP contribution in [0.25, 0.3) is 10.9 Å². The van der Waals surface area contributed by atoms with Crippen LogP contribution in [0.3, 0.4) is 0 Å². The maximum atomic E-state index is 9.71. The summed E-state index contributed by atoms with van der Waals surface area (Å²) < 4.78 is 1.91. The monoisotopic (exact) mass is 222 g/mol. The van der Waals surface area contributed by atoms with Crippen LogP contribution >= 0.6 is 11.8 Å². The summed E-state index contributed by atoms with van der Waals surface area (Å²) >= 11 is 1.42. The molecular formula is C11H12NO2S+. The molecule has 0 atom stereocenters. The van der Waals surface area contributed by atoms with E-state index in [0.717, 1.165) is 10.9 Å². The second kappa shape index (κ2) is 3.62. The minimum Gasteiger partial charge on any atom is -0.504 e. The van der Waals surface area contributed by atoms with Gasteiger partial charge in [-0.3, -0.25) is 0 Å². The number of phenols is 2. The molecule has 0 amide bonds. The van der Waals surface area contributed by atoms with Gasteiger partial charge in [0.2, 0.25) is 5.52 Å². The lowest BCUT2D eigenvalue weighted by Crippen LogP contribution is -2.27. The molecule has 1 aromatic carbocycles. The van der Waals surface area contributed by atoms with E-state index in [-0.39, 0.29) is 11.5 Å². The van der Waals surface area contributed by atoms with Crippen molar-refractivity contribution < 1.29 is 14.8 Å². The Balaban J connectivity index is 2.94. The third kappa shape index (κ3) is 1.51. The number of hydrogen-bond donors (Lipinski definition) is 2. The highest BCUT2D eigenvalue weighted by Gasteiger charge is 2.16. The molecule has 15 heavy (non-hydrogen) atoms. The van der Waals surface area contributed by atoms with Crippen LogP contribution in [0.15, 0.2) is 29.3 Å². The van der Waals surface area contributed by atoms with Crippen molar-refractivity contribution in [2.24, 2.45) is 7.05 Å². The normalized spacial score (nSPS) is 10.8. The first kappa shape index (κ1) is 10.1. The number of benzene rings is 1. The molecule has 2 aromatic rings. The van der Waals surface area contributed by atoms with Gasteiger partial charge in [0.05, 0.1) is 16.3 Å². The largest absolute Gasteiger partial charge is 0.504 e. The first-order valence-corrected chi connectivity index (χ1v) is 5.75. The Bertz CT molecular complexity index is 525. The Morgan fingerprint density at radius 3 is 2.73 bits per heavy atom. The van der Waals surface area contributed by atoms with Gasteiger partial charge in [-0.15, -0.1) is 11.8 Å². The highest BCUT2D eigenvalue weighted by molar-refractivity contribution is 7.99. The van der Waals surface area contributed by atoms with E-state index in [2.05, 4.69) is 0 Å². The highest BCUT2D eigenvalue weighted by Crippen LogP contribution is 2.39. The molecule has 1 heterocycles. The molecule has 0 saturated heterocycles. The summed E-state index contributed by atoms with van der Waals surface area (Å²) in [6.45, 7) is 0. The molecule has 0 aliphatic carbocycles.